The maximum atomic E-state index is 13.0. The maximum absolute atomic E-state index is 13.0. The third kappa shape index (κ3) is 3.34. The highest BCUT2D eigenvalue weighted by molar-refractivity contribution is 8.38. The fourth-order valence-corrected chi connectivity index (χ4v) is 4.29. The van der Waals surface area contributed by atoms with Crippen molar-refractivity contribution in [1.82, 2.24) is 0 Å². The lowest BCUT2D eigenvalue weighted by atomic mass is 10.1. The van der Waals surface area contributed by atoms with Crippen LogP contribution in [0, 0.1) is 5.82 Å². The average molecular weight is 332 g/mol. The van der Waals surface area contributed by atoms with Crippen molar-refractivity contribution >= 4 is 39.5 Å². The second kappa shape index (κ2) is 6.54. The molecule has 0 aromatic heterocycles. The van der Waals surface area contributed by atoms with Gasteiger partial charge in [-0.2, -0.15) is 0 Å². The summed E-state index contributed by atoms with van der Waals surface area (Å²) in [5.74, 6) is 0.0192. The van der Waals surface area contributed by atoms with Crippen molar-refractivity contribution in [2.24, 2.45) is 10.7 Å². The number of hydrogen-bond acceptors (Lipinski definition) is 4. The second-order valence-corrected chi connectivity index (χ2v) is 7.06. The summed E-state index contributed by atoms with van der Waals surface area (Å²) in [6.07, 6.45) is 0. The highest BCUT2D eigenvalue weighted by Gasteiger charge is 2.23. The number of aliphatic imine (C=N–C) groups is 1. The number of amides is 1. The van der Waals surface area contributed by atoms with Gasteiger partial charge >= 0.3 is 0 Å². The van der Waals surface area contributed by atoms with Gasteiger partial charge in [-0.05, 0) is 29.3 Å². The SMILES string of the molecule is NC(=O)[C@@H](SC1=Nc2ccccc2CS1)c1ccc(F)cc1. The van der Waals surface area contributed by atoms with Gasteiger partial charge in [0.05, 0.1) is 5.69 Å². The second-order valence-electron chi connectivity index (χ2n) is 4.75. The molecule has 1 aliphatic rings. The molecule has 0 saturated carbocycles. The quantitative estimate of drug-likeness (QED) is 0.923. The molecule has 22 heavy (non-hydrogen) atoms. The number of fused-ring (bicyclic) bond motifs is 1. The van der Waals surface area contributed by atoms with Crippen molar-refractivity contribution in [3.8, 4) is 0 Å². The summed E-state index contributed by atoms with van der Waals surface area (Å²) >= 11 is 2.89. The van der Waals surface area contributed by atoms with Crippen LogP contribution in [0.3, 0.4) is 0 Å². The van der Waals surface area contributed by atoms with Crippen LogP contribution in [0.4, 0.5) is 10.1 Å². The Bertz CT molecular complexity index is 731. The fourth-order valence-electron chi connectivity index (χ4n) is 2.10. The smallest absolute Gasteiger partial charge is 0.235 e. The molecule has 2 N–H and O–H groups in total. The van der Waals surface area contributed by atoms with Gasteiger partial charge in [0.25, 0.3) is 0 Å². The van der Waals surface area contributed by atoms with Crippen molar-refractivity contribution in [3.63, 3.8) is 0 Å². The number of para-hydroxylation sites is 1. The van der Waals surface area contributed by atoms with E-state index in [-0.39, 0.29) is 5.82 Å². The molecule has 112 valence electrons. The first kappa shape index (κ1) is 15.1. The molecule has 0 aliphatic carbocycles. The molecule has 1 amide bonds. The van der Waals surface area contributed by atoms with Crippen LogP contribution in [-0.2, 0) is 10.5 Å². The number of nitrogens with zero attached hydrogens (tertiary/aromatic N) is 1. The number of carbonyl (C=O) groups excluding carboxylic acids is 1. The Kier molecular flexibility index (Phi) is 4.49. The van der Waals surface area contributed by atoms with Crippen molar-refractivity contribution in [3.05, 3.63) is 65.5 Å². The topological polar surface area (TPSA) is 55.5 Å². The predicted molar refractivity (Wildman–Crippen MR) is 90.8 cm³/mol. The van der Waals surface area contributed by atoms with Crippen molar-refractivity contribution in [2.45, 2.75) is 11.0 Å². The Morgan fingerprint density at radius 1 is 1.23 bits per heavy atom. The molecule has 0 radical (unpaired) electrons. The number of rotatable bonds is 3. The van der Waals surface area contributed by atoms with Crippen molar-refractivity contribution in [1.29, 1.82) is 0 Å². The van der Waals surface area contributed by atoms with E-state index in [4.69, 9.17) is 5.73 Å². The first-order valence-corrected chi connectivity index (χ1v) is 8.51. The minimum absolute atomic E-state index is 0.338. The first-order chi connectivity index (χ1) is 10.6. The third-order valence-corrected chi connectivity index (χ3v) is 5.67. The maximum Gasteiger partial charge on any atom is 0.235 e. The molecule has 1 atom stereocenters. The standard InChI is InChI=1S/C16H13FN2OS2/c17-12-7-5-10(6-8-12)14(15(18)20)22-16-19-13-4-2-1-3-11(13)9-21-16/h1-8,14H,9H2,(H2,18,20)/t14-/m0/s1. The summed E-state index contributed by atoms with van der Waals surface area (Å²) in [4.78, 5) is 16.3. The molecule has 0 bridgehead atoms. The van der Waals surface area contributed by atoms with E-state index in [2.05, 4.69) is 4.99 Å². The van der Waals surface area contributed by atoms with Crippen LogP contribution in [0.5, 0.6) is 0 Å². The summed E-state index contributed by atoms with van der Waals surface area (Å²) < 4.78 is 13.8. The number of thioether (sulfide) groups is 2. The number of benzene rings is 2. The zero-order chi connectivity index (χ0) is 15.5. The Balaban J connectivity index is 1.85. The van der Waals surface area contributed by atoms with E-state index in [1.54, 1.807) is 23.9 Å². The predicted octanol–water partition coefficient (Wildman–Crippen LogP) is 4.02. The van der Waals surface area contributed by atoms with Crippen LogP contribution in [0.15, 0.2) is 53.5 Å². The molecule has 1 aliphatic heterocycles. The lowest BCUT2D eigenvalue weighted by molar-refractivity contribution is -0.117. The van der Waals surface area contributed by atoms with Crippen LogP contribution in [-0.4, -0.2) is 10.3 Å². The molecule has 0 spiro atoms. The normalized spacial score (nSPS) is 14.9. The van der Waals surface area contributed by atoms with Crippen LogP contribution >= 0.6 is 23.5 Å². The lowest BCUT2D eigenvalue weighted by Crippen LogP contribution is -2.20. The van der Waals surface area contributed by atoms with Gasteiger partial charge in [0.15, 0.2) is 0 Å². The summed E-state index contributed by atoms with van der Waals surface area (Å²) in [5.41, 5.74) is 8.28. The Morgan fingerprint density at radius 2 is 1.95 bits per heavy atom. The summed E-state index contributed by atoms with van der Waals surface area (Å²) in [7, 11) is 0. The van der Waals surface area contributed by atoms with Gasteiger partial charge in [0.2, 0.25) is 5.91 Å². The van der Waals surface area contributed by atoms with Crippen molar-refractivity contribution in [2.75, 3.05) is 0 Å². The monoisotopic (exact) mass is 332 g/mol. The van der Waals surface area contributed by atoms with Gasteiger partial charge in [-0.25, -0.2) is 9.38 Å². The number of carbonyl (C=O) groups is 1. The first-order valence-electron chi connectivity index (χ1n) is 6.64. The molecule has 3 rings (SSSR count). The van der Waals surface area contributed by atoms with E-state index in [0.29, 0.717) is 5.56 Å². The van der Waals surface area contributed by atoms with Gasteiger partial charge < -0.3 is 5.73 Å². The van der Waals surface area contributed by atoms with E-state index in [1.165, 1.54) is 29.5 Å². The molecule has 0 saturated heterocycles. The van der Waals surface area contributed by atoms with E-state index in [1.807, 2.05) is 24.3 Å². The fraction of sp³-hybridized carbons (Fsp3) is 0.125. The number of primary amides is 1. The lowest BCUT2D eigenvalue weighted by Gasteiger charge is -2.18. The third-order valence-electron chi connectivity index (χ3n) is 3.20. The molecule has 0 unspecified atom stereocenters. The van der Waals surface area contributed by atoms with E-state index >= 15 is 0 Å². The Hall–Kier alpha value is -1.79. The van der Waals surface area contributed by atoms with Gasteiger partial charge in [0.1, 0.15) is 15.4 Å². The van der Waals surface area contributed by atoms with Crippen LogP contribution in [0.2, 0.25) is 0 Å². The number of hydrogen-bond donors (Lipinski definition) is 1. The molecular weight excluding hydrogens is 319 g/mol. The highest BCUT2D eigenvalue weighted by Crippen LogP contribution is 2.40. The molecule has 0 fully saturated rings. The van der Waals surface area contributed by atoms with E-state index in [9.17, 15) is 9.18 Å². The molecule has 3 nitrogen and oxygen atoms in total. The number of halogens is 1. The average Bonchev–Trinajstić information content (AvgIpc) is 2.53. The van der Waals surface area contributed by atoms with Crippen molar-refractivity contribution < 1.29 is 9.18 Å². The van der Waals surface area contributed by atoms with Crippen LogP contribution < -0.4 is 5.73 Å². The summed E-state index contributed by atoms with van der Waals surface area (Å²) in [6, 6.07) is 13.7. The summed E-state index contributed by atoms with van der Waals surface area (Å²) in [5, 5.41) is -0.572. The summed E-state index contributed by atoms with van der Waals surface area (Å²) in [6.45, 7) is 0. The molecule has 1 heterocycles. The molecule has 2 aromatic rings. The highest BCUT2D eigenvalue weighted by atomic mass is 32.2. The minimum Gasteiger partial charge on any atom is -0.368 e. The zero-order valence-electron chi connectivity index (χ0n) is 11.5. The Morgan fingerprint density at radius 3 is 2.68 bits per heavy atom. The van der Waals surface area contributed by atoms with E-state index < -0.39 is 11.2 Å². The minimum atomic E-state index is -0.572. The Labute approximate surface area is 136 Å². The molecule has 2 aromatic carbocycles. The number of nitrogens with two attached hydrogens (primary N) is 1. The van der Waals surface area contributed by atoms with E-state index in [0.717, 1.165) is 15.8 Å². The largest absolute Gasteiger partial charge is 0.368 e. The van der Waals surface area contributed by atoms with Gasteiger partial charge in [-0.3, -0.25) is 4.79 Å². The zero-order valence-corrected chi connectivity index (χ0v) is 13.2. The van der Waals surface area contributed by atoms with Crippen LogP contribution in [0.25, 0.3) is 0 Å². The van der Waals surface area contributed by atoms with Gasteiger partial charge in [0, 0.05) is 5.75 Å². The van der Waals surface area contributed by atoms with Gasteiger partial charge in [-0.15, -0.1) is 0 Å². The van der Waals surface area contributed by atoms with Gasteiger partial charge in [-0.1, -0.05) is 53.9 Å². The van der Waals surface area contributed by atoms with Crippen LogP contribution in [0.1, 0.15) is 16.4 Å². The molecule has 6 heteroatoms. The molecular formula is C16H13FN2OS2.